The van der Waals surface area contributed by atoms with Gasteiger partial charge in [-0.25, -0.2) is 4.79 Å². The molecule has 0 amide bonds. The van der Waals surface area contributed by atoms with Gasteiger partial charge in [0.25, 0.3) is 0 Å². The van der Waals surface area contributed by atoms with Gasteiger partial charge < -0.3 is 19.9 Å². The third-order valence-corrected chi connectivity index (χ3v) is 5.77. The van der Waals surface area contributed by atoms with Gasteiger partial charge in [0.15, 0.2) is 0 Å². The molecule has 0 aliphatic rings. The molecule has 0 saturated carbocycles. The number of nitrogens with one attached hydrogen (secondary N) is 1. The second kappa shape index (κ2) is 10.6. The van der Waals surface area contributed by atoms with E-state index in [1.807, 2.05) is 12.1 Å². The Balaban J connectivity index is 1.38. The van der Waals surface area contributed by atoms with E-state index in [0.717, 1.165) is 5.39 Å². The smallest absolute Gasteiger partial charge is 0.421 e. The van der Waals surface area contributed by atoms with Crippen molar-refractivity contribution in [3.05, 3.63) is 94.1 Å². The van der Waals surface area contributed by atoms with Gasteiger partial charge in [0.05, 0.1) is 34.3 Å². The van der Waals surface area contributed by atoms with E-state index in [9.17, 15) is 14.7 Å². The van der Waals surface area contributed by atoms with Crippen LogP contribution in [0.3, 0.4) is 0 Å². The molecule has 7 nitrogen and oxygen atoms in total. The van der Waals surface area contributed by atoms with Crippen molar-refractivity contribution in [1.29, 1.82) is 0 Å². The Kier molecular flexibility index (Phi) is 7.37. The number of para-hydroxylation sites is 3. The molecule has 0 bridgehead atoms. The Morgan fingerprint density at radius 2 is 1.59 bits per heavy atom. The number of anilines is 2. The molecule has 4 aromatic rings. The van der Waals surface area contributed by atoms with Crippen molar-refractivity contribution in [1.82, 2.24) is 4.57 Å². The van der Waals surface area contributed by atoms with Crippen LogP contribution in [0.1, 0.15) is 11.1 Å². The van der Waals surface area contributed by atoms with Gasteiger partial charge >= 0.3 is 12.1 Å². The molecule has 1 heterocycles. The summed E-state index contributed by atoms with van der Waals surface area (Å²) in [6, 6.07) is 19.4. The van der Waals surface area contributed by atoms with Gasteiger partial charge in [-0.15, -0.1) is 0 Å². The minimum absolute atomic E-state index is 0.0656. The van der Waals surface area contributed by atoms with Crippen LogP contribution in [0.5, 0.6) is 0 Å². The Morgan fingerprint density at radius 3 is 2.35 bits per heavy atom. The van der Waals surface area contributed by atoms with Gasteiger partial charge in [-0.1, -0.05) is 65.7 Å². The molecular formula is C25H20Cl2N2O5. The zero-order valence-corrected chi connectivity index (χ0v) is 19.3. The molecule has 3 aromatic carbocycles. The van der Waals surface area contributed by atoms with E-state index in [4.69, 9.17) is 32.7 Å². The molecule has 0 aliphatic heterocycles. The number of hydrogen-bond acceptors (Lipinski definition) is 6. The van der Waals surface area contributed by atoms with Crippen LogP contribution in [0.15, 0.2) is 72.9 Å². The molecule has 0 spiro atoms. The normalized spacial score (nSPS) is 10.8. The first-order valence-electron chi connectivity index (χ1n) is 10.3. The van der Waals surface area contributed by atoms with Gasteiger partial charge in [0.1, 0.15) is 0 Å². The van der Waals surface area contributed by atoms with Crippen LogP contribution in [-0.4, -0.2) is 28.5 Å². The topological polar surface area (TPSA) is 89.8 Å². The fourth-order valence-electron chi connectivity index (χ4n) is 3.50. The van der Waals surface area contributed by atoms with Crippen molar-refractivity contribution in [2.75, 3.05) is 12.1 Å². The maximum atomic E-state index is 12.5. The fourth-order valence-corrected chi connectivity index (χ4v) is 3.99. The molecule has 0 radical (unpaired) electrons. The lowest BCUT2D eigenvalue weighted by molar-refractivity contribution is -0.150. The number of aliphatic hydroxyl groups excluding tert-OH is 1. The highest BCUT2D eigenvalue weighted by molar-refractivity contribution is 6.39. The molecule has 0 unspecified atom stereocenters. The van der Waals surface area contributed by atoms with Crippen molar-refractivity contribution in [3.63, 3.8) is 0 Å². The molecule has 0 aliphatic carbocycles. The van der Waals surface area contributed by atoms with E-state index >= 15 is 0 Å². The Morgan fingerprint density at radius 1 is 0.882 bits per heavy atom. The first-order chi connectivity index (χ1) is 16.5. The van der Waals surface area contributed by atoms with Crippen molar-refractivity contribution in [2.24, 2.45) is 0 Å². The van der Waals surface area contributed by atoms with E-state index in [1.54, 1.807) is 54.6 Å². The number of carbonyl (C=O) groups excluding carboxylic acids is 2. The number of hydrogen-bond donors (Lipinski definition) is 2. The zero-order valence-electron chi connectivity index (χ0n) is 17.8. The van der Waals surface area contributed by atoms with E-state index in [1.165, 1.54) is 10.8 Å². The second-order valence-corrected chi connectivity index (χ2v) is 8.11. The first kappa shape index (κ1) is 23.6. The molecule has 34 heavy (non-hydrogen) atoms. The Hall–Kier alpha value is -3.52. The van der Waals surface area contributed by atoms with Crippen LogP contribution >= 0.6 is 23.2 Å². The average Bonchev–Trinajstić information content (AvgIpc) is 3.21. The van der Waals surface area contributed by atoms with Gasteiger partial charge in [-0.05, 0) is 29.8 Å². The van der Waals surface area contributed by atoms with Crippen molar-refractivity contribution >= 4 is 57.5 Å². The summed E-state index contributed by atoms with van der Waals surface area (Å²) in [4.78, 5) is 24.9. The van der Waals surface area contributed by atoms with Gasteiger partial charge in [0.2, 0.25) is 6.79 Å². The van der Waals surface area contributed by atoms with Gasteiger partial charge in [0, 0.05) is 22.8 Å². The monoisotopic (exact) mass is 498 g/mol. The van der Waals surface area contributed by atoms with E-state index in [0.29, 0.717) is 38.1 Å². The Labute approximate surface area is 205 Å². The zero-order chi connectivity index (χ0) is 24.1. The summed E-state index contributed by atoms with van der Waals surface area (Å²) < 4.78 is 11.5. The number of esters is 1. The van der Waals surface area contributed by atoms with Crippen LogP contribution in [0, 0.1) is 0 Å². The number of rotatable bonds is 7. The predicted molar refractivity (Wildman–Crippen MR) is 131 cm³/mol. The summed E-state index contributed by atoms with van der Waals surface area (Å²) in [7, 11) is 0. The molecule has 0 atom stereocenters. The second-order valence-electron chi connectivity index (χ2n) is 7.30. The standard InChI is InChI=1S/C25H20Cl2N2O5/c26-19-8-5-9-20(27)24(19)28-21-10-3-1-6-16(21)12-23(31)33-15-34-25(32)29-13-17(14-30)18-7-2-4-11-22(18)29/h1-11,13,28,30H,12,14-15H2. The number of aliphatic hydroxyl groups is 1. The Bertz CT molecular complexity index is 1330. The van der Waals surface area contributed by atoms with Crippen LogP contribution in [0.2, 0.25) is 10.0 Å². The van der Waals surface area contributed by atoms with Gasteiger partial charge in [-0.3, -0.25) is 9.36 Å². The number of benzene rings is 3. The minimum Gasteiger partial charge on any atom is -0.428 e. The summed E-state index contributed by atoms with van der Waals surface area (Å²) in [5.74, 6) is -0.583. The maximum Gasteiger partial charge on any atom is 0.421 e. The maximum absolute atomic E-state index is 12.5. The number of ether oxygens (including phenoxy) is 2. The van der Waals surface area contributed by atoms with E-state index in [-0.39, 0.29) is 13.0 Å². The van der Waals surface area contributed by atoms with Crippen molar-refractivity contribution in [3.8, 4) is 0 Å². The summed E-state index contributed by atoms with van der Waals surface area (Å²) >= 11 is 12.5. The average molecular weight is 499 g/mol. The van der Waals surface area contributed by atoms with E-state index < -0.39 is 18.9 Å². The van der Waals surface area contributed by atoms with Crippen LogP contribution in [-0.2, 0) is 27.3 Å². The largest absolute Gasteiger partial charge is 0.428 e. The molecule has 174 valence electrons. The predicted octanol–water partition coefficient (Wildman–Crippen LogP) is 5.91. The third-order valence-electron chi connectivity index (χ3n) is 5.14. The molecule has 9 heteroatoms. The number of nitrogens with zero attached hydrogens (tertiary/aromatic N) is 1. The number of fused-ring (bicyclic) bond motifs is 1. The summed E-state index contributed by atoms with van der Waals surface area (Å²) in [6.07, 6.45) is 0.708. The highest BCUT2D eigenvalue weighted by Gasteiger charge is 2.16. The summed E-state index contributed by atoms with van der Waals surface area (Å²) in [6.45, 7) is -0.771. The SMILES string of the molecule is O=C(Cc1ccccc1Nc1c(Cl)cccc1Cl)OCOC(=O)n1cc(CO)c2ccccc21. The van der Waals surface area contributed by atoms with E-state index in [2.05, 4.69) is 5.32 Å². The van der Waals surface area contributed by atoms with Crippen molar-refractivity contribution < 1.29 is 24.2 Å². The lowest BCUT2D eigenvalue weighted by atomic mass is 10.1. The number of halogens is 2. The molecule has 4 rings (SSSR count). The quantitative estimate of drug-likeness (QED) is 0.243. The molecular weight excluding hydrogens is 479 g/mol. The lowest BCUT2D eigenvalue weighted by Gasteiger charge is -2.14. The minimum atomic E-state index is -0.723. The van der Waals surface area contributed by atoms with Gasteiger partial charge in [-0.2, -0.15) is 0 Å². The van der Waals surface area contributed by atoms with Crippen molar-refractivity contribution in [2.45, 2.75) is 13.0 Å². The van der Waals surface area contributed by atoms with Crippen LogP contribution < -0.4 is 5.32 Å². The van der Waals surface area contributed by atoms with Crippen LogP contribution in [0.25, 0.3) is 10.9 Å². The lowest BCUT2D eigenvalue weighted by Crippen LogP contribution is -2.18. The molecule has 0 fully saturated rings. The molecule has 1 aromatic heterocycles. The molecule has 0 saturated heterocycles. The molecule has 2 N–H and O–H groups in total. The van der Waals surface area contributed by atoms with Crippen LogP contribution in [0.4, 0.5) is 16.2 Å². The third kappa shape index (κ3) is 5.17. The summed E-state index contributed by atoms with van der Waals surface area (Å²) in [5, 5.41) is 14.3. The highest BCUT2D eigenvalue weighted by atomic mass is 35.5. The highest BCUT2D eigenvalue weighted by Crippen LogP contribution is 2.33. The number of aromatic nitrogens is 1. The fraction of sp³-hybridized carbons (Fsp3) is 0.120. The summed E-state index contributed by atoms with van der Waals surface area (Å²) in [5.41, 5.74) is 3.00. The number of carbonyl (C=O) groups is 2. The first-order valence-corrected chi connectivity index (χ1v) is 11.0.